The first-order valence-electron chi connectivity index (χ1n) is 11.8. The van der Waals surface area contributed by atoms with Crippen molar-refractivity contribution in [2.24, 2.45) is 0 Å². The summed E-state index contributed by atoms with van der Waals surface area (Å²) in [5, 5.41) is 2.32. The fourth-order valence-electron chi connectivity index (χ4n) is 4.89. The molecular formula is C25H25B2N3O5. The molecule has 4 radical (unpaired) electrons. The number of imide groups is 1. The van der Waals surface area contributed by atoms with Crippen molar-refractivity contribution in [1.82, 2.24) is 15.1 Å². The average Bonchev–Trinajstić information content (AvgIpc) is 3.19. The highest BCUT2D eigenvalue weighted by Gasteiger charge is 2.40. The van der Waals surface area contributed by atoms with Crippen LogP contribution in [-0.4, -0.2) is 75.6 Å². The number of rotatable bonds is 6. The number of benzene rings is 2. The molecule has 3 amide bonds. The second-order valence-corrected chi connectivity index (χ2v) is 9.03. The molecule has 2 atom stereocenters. The van der Waals surface area contributed by atoms with Crippen molar-refractivity contribution in [1.29, 1.82) is 0 Å². The Bertz CT molecular complexity index is 1170. The number of carbonyl (C=O) groups excluding carboxylic acids is 3. The maximum absolute atomic E-state index is 13.0. The predicted octanol–water partition coefficient (Wildman–Crippen LogP) is 0.320. The van der Waals surface area contributed by atoms with E-state index in [0.29, 0.717) is 36.4 Å². The van der Waals surface area contributed by atoms with E-state index in [1.165, 1.54) is 4.90 Å². The van der Waals surface area contributed by atoms with E-state index >= 15 is 0 Å². The molecule has 2 aromatic carbocycles. The summed E-state index contributed by atoms with van der Waals surface area (Å²) in [4.78, 5) is 40.4. The Kier molecular flexibility index (Phi) is 6.67. The van der Waals surface area contributed by atoms with E-state index in [-0.39, 0.29) is 37.3 Å². The van der Waals surface area contributed by atoms with Crippen LogP contribution in [0.4, 0.5) is 0 Å². The number of nitrogens with one attached hydrogen (secondary N) is 1. The first kappa shape index (κ1) is 23.6. The van der Waals surface area contributed by atoms with Gasteiger partial charge >= 0.3 is 0 Å². The van der Waals surface area contributed by atoms with Crippen LogP contribution in [0.5, 0.6) is 5.75 Å². The lowest BCUT2D eigenvalue weighted by Crippen LogP contribution is -2.52. The minimum atomic E-state index is -0.663. The third-order valence-corrected chi connectivity index (χ3v) is 6.84. The number of hydrogen-bond donors (Lipinski definition) is 1. The van der Waals surface area contributed by atoms with Crippen LogP contribution < -0.4 is 15.5 Å². The van der Waals surface area contributed by atoms with Gasteiger partial charge < -0.3 is 19.3 Å². The highest BCUT2D eigenvalue weighted by Crippen LogP contribution is 2.34. The zero-order chi connectivity index (χ0) is 24.5. The lowest BCUT2D eigenvalue weighted by molar-refractivity contribution is -0.136. The smallest absolute Gasteiger partial charge is 0.255 e. The number of carbonyl (C=O) groups is 3. The van der Waals surface area contributed by atoms with Crippen LogP contribution in [0.1, 0.15) is 45.8 Å². The van der Waals surface area contributed by atoms with E-state index in [1.807, 2.05) is 24.3 Å². The highest BCUT2D eigenvalue weighted by atomic mass is 16.5. The van der Waals surface area contributed by atoms with Gasteiger partial charge in [0.05, 0.1) is 27.6 Å². The summed E-state index contributed by atoms with van der Waals surface area (Å²) in [6.45, 7) is 3.36. The molecule has 2 fully saturated rings. The van der Waals surface area contributed by atoms with Crippen LogP contribution >= 0.6 is 0 Å². The predicted molar refractivity (Wildman–Crippen MR) is 130 cm³/mol. The van der Waals surface area contributed by atoms with Crippen LogP contribution in [0.2, 0.25) is 0 Å². The summed E-state index contributed by atoms with van der Waals surface area (Å²) in [5.41, 5.74) is 3.59. The van der Waals surface area contributed by atoms with E-state index in [2.05, 4.69) is 10.2 Å². The third-order valence-electron chi connectivity index (χ3n) is 6.84. The van der Waals surface area contributed by atoms with Crippen molar-refractivity contribution in [3.05, 3.63) is 58.7 Å². The lowest BCUT2D eigenvalue weighted by Gasteiger charge is -2.34. The minimum Gasteiger partial charge on any atom is -0.489 e. The number of nitrogens with zero attached hydrogens (tertiary/aromatic N) is 2. The number of ether oxygens (including phenoxy) is 2. The number of hydrogen-bond acceptors (Lipinski definition) is 6. The van der Waals surface area contributed by atoms with Crippen LogP contribution in [0.25, 0.3) is 0 Å². The molecule has 1 N–H and O–H groups in total. The second kappa shape index (κ2) is 9.87. The zero-order valence-corrected chi connectivity index (χ0v) is 19.4. The molecule has 0 bridgehead atoms. The van der Waals surface area contributed by atoms with Crippen molar-refractivity contribution >= 4 is 38.9 Å². The van der Waals surface area contributed by atoms with Crippen LogP contribution in [0, 0.1) is 0 Å². The van der Waals surface area contributed by atoms with Crippen molar-refractivity contribution in [3.63, 3.8) is 0 Å². The topological polar surface area (TPSA) is 88.2 Å². The largest absolute Gasteiger partial charge is 0.489 e. The number of morpholine rings is 1. The molecular weight excluding hydrogens is 444 g/mol. The summed E-state index contributed by atoms with van der Waals surface area (Å²) < 4.78 is 11.5. The normalized spacial score (nSPS) is 21.5. The monoisotopic (exact) mass is 469 g/mol. The second-order valence-electron chi connectivity index (χ2n) is 9.03. The Morgan fingerprint density at radius 3 is 2.69 bits per heavy atom. The maximum Gasteiger partial charge on any atom is 0.255 e. The summed E-state index contributed by atoms with van der Waals surface area (Å²) in [5.74, 6) is -0.689. The first-order valence-corrected chi connectivity index (χ1v) is 11.8. The van der Waals surface area contributed by atoms with E-state index in [4.69, 9.17) is 25.2 Å². The molecule has 176 valence electrons. The Morgan fingerprint density at radius 2 is 1.94 bits per heavy atom. The summed E-state index contributed by atoms with van der Waals surface area (Å²) in [6, 6.07) is 10.4. The molecule has 3 heterocycles. The average molecular weight is 469 g/mol. The highest BCUT2D eigenvalue weighted by molar-refractivity contribution is 6.34. The fourth-order valence-corrected chi connectivity index (χ4v) is 4.89. The first-order chi connectivity index (χ1) is 16.9. The third kappa shape index (κ3) is 4.73. The zero-order valence-electron chi connectivity index (χ0n) is 19.4. The number of piperidine rings is 1. The SMILES string of the molecule is [B]c1cc(COc2cccc3c2CN(C2CCC(=O)NC2=O)C3=O)ccc1C([B])N1CCOCC1. The van der Waals surface area contributed by atoms with Gasteiger partial charge in [-0.05, 0) is 35.6 Å². The molecule has 2 aromatic rings. The van der Waals surface area contributed by atoms with Crippen LogP contribution in [-0.2, 0) is 27.5 Å². The lowest BCUT2D eigenvalue weighted by atomic mass is 9.78. The maximum atomic E-state index is 13.0. The van der Waals surface area contributed by atoms with Gasteiger partial charge in [-0.3, -0.25) is 19.7 Å². The summed E-state index contributed by atoms with van der Waals surface area (Å²) in [6.07, 6.45) is 0.533. The van der Waals surface area contributed by atoms with E-state index in [1.54, 1.807) is 12.1 Å². The van der Waals surface area contributed by atoms with Crippen molar-refractivity contribution in [2.75, 3.05) is 26.3 Å². The van der Waals surface area contributed by atoms with Gasteiger partial charge in [0.15, 0.2) is 0 Å². The van der Waals surface area contributed by atoms with E-state index < -0.39 is 11.9 Å². The standard InChI is InChI=1S/C25H25B2N3O5/c26-19-12-15(4-5-17(19)23(27)29-8-10-34-11-9-29)14-35-21-3-1-2-16-18(21)13-30(25(16)33)20-6-7-22(31)28-24(20)32/h1-5,12,20,23H,6-11,13-14H2,(H,28,31,32). The van der Waals surface area contributed by atoms with Gasteiger partial charge in [0.2, 0.25) is 11.8 Å². The van der Waals surface area contributed by atoms with Gasteiger partial charge in [0.1, 0.15) is 26.2 Å². The van der Waals surface area contributed by atoms with Crippen molar-refractivity contribution in [3.8, 4) is 5.75 Å². The Labute approximate surface area is 206 Å². The molecule has 0 aliphatic carbocycles. The van der Waals surface area contributed by atoms with Gasteiger partial charge in [0, 0.05) is 30.6 Å². The molecule has 35 heavy (non-hydrogen) atoms. The molecule has 10 heteroatoms. The molecule has 2 unspecified atom stereocenters. The quantitative estimate of drug-likeness (QED) is 0.485. The van der Waals surface area contributed by atoms with Gasteiger partial charge in [-0.15, -0.1) is 0 Å². The van der Waals surface area contributed by atoms with E-state index in [0.717, 1.165) is 29.8 Å². The molecule has 5 rings (SSSR count). The Morgan fingerprint density at radius 1 is 1.14 bits per heavy atom. The van der Waals surface area contributed by atoms with Crippen molar-refractivity contribution in [2.45, 2.75) is 38.0 Å². The molecule has 2 saturated heterocycles. The summed E-state index contributed by atoms with van der Waals surface area (Å²) >= 11 is 0. The number of fused-ring (bicyclic) bond motifs is 1. The van der Waals surface area contributed by atoms with Gasteiger partial charge in [-0.1, -0.05) is 29.7 Å². The van der Waals surface area contributed by atoms with Crippen LogP contribution in [0.3, 0.4) is 0 Å². The van der Waals surface area contributed by atoms with Gasteiger partial charge in [0.25, 0.3) is 5.91 Å². The molecule has 0 saturated carbocycles. The Hall–Kier alpha value is -3.10. The van der Waals surface area contributed by atoms with Crippen LogP contribution in [0.15, 0.2) is 36.4 Å². The van der Waals surface area contributed by atoms with E-state index in [9.17, 15) is 14.4 Å². The molecule has 0 spiro atoms. The van der Waals surface area contributed by atoms with Gasteiger partial charge in [-0.25, -0.2) is 0 Å². The number of amides is 3. The fraction of sp³-hybridized carbons (Fsp3) is 0.400. The summed E-state index contributed by atoms with van der Waals surface area (Å²) in [7, 11) is 12.8. The molecule has 3 aliphatic rings. The van der Waals surface area contributed by atoms with Gasteiger partial charge in [-0.2, -0.15) is 0 Å². The molecule has 8 nitrogen and oxygen atoms in total. The Balaban J connectivity index is 1.27. The van der Waals surface area contributed by atoms with Crippen molar-refractivity contribution < 1.29 is 23.9 Å². The molecule has 0 aromatic heterocycles. The minimum absolute atomic E-state index is 0.215. The molecule has 3 aliphatic heterocycles.